The molecule has 29 heavy (non-hydrogen) atoms. The maximum absolute atomic E-state index is 13.1. The highest BCUT2D eigenvalue weighted by Gasteiger charge is 2.33. The maximum Gasteiger partial charge on any atom is 0.243 e. The molecule has 1 fully saturated rings. The molecule has 1 aliphatic rings. The van der Waals surface area contributed by atoms with Crippen LogP contribution in [0.2, 0.25) is 5.02 Å². The van der Waals surface area contributed by atoms with Crippen molar-refractivity contribution >= 4 is 33.2 Å². The van der Waals surface area contributed by atoms with Gasteiger partial charge >= 0.3 is 0 Å². The number of methoxy groups -OCH3 is 1. The minimum Gasteiger partial charge on any atom is -0.495 e. The van der Waals surface area contributed by atoms with E-state index in [1.807, 2.05) is 32.0 Å². The third-order valence-electron chi connectivity index (χ3n) is 5.17. The summed E-state index contributed by atoms with van der Waals surface area (Å²) in [7, 11) is -2.28. The molecule has 0 aromatic heterocycles. The normalized spacial score (nSPS) is 17.7. The number of carbonyl (C=O) groups is 1. The van der Waals surface area contributed by atoms with Crippen LogP contribution in [0.5, 0.6) is 5.75 Å². The lowest BCUT2D eigenvalue weighted by Gasteiger charge is -2.31. The number of halogens is 1. The van der Waals surface area contributed by atoms with Gasteiger partial charge in [0.25, 0.3) is 0 Å². The van der Waals surface area contributed by atoms with Crippen LogP contribution in [0.4, 0.5) is 5.69 Å². The Morgan fingerprint density at radius 2 is 1.97 bits per heavy atom. The van der Waals surface area contributed by atoms with Crippen molar-refractivity contribution in [3.05, 3.63) is 52.5 Å². The summed E-state index contributed by atoms with van der Waals surface area (Å²) in [6.45, 7) is 4.41. The Hall–Kier alpha value is -2.09. The monoisotopic (exact) mass is 436 g/mol. The van der Waals surface area contributed by atoms with Crippen molar-refractivity contribution in [1.82, 2.24) is 4.31 Å². The quantitative estimate of drug-likeness (QED) is 0.768. The number of nitrogens with one attached hydrogen (secondary N) is 1. The van der Waals surface area contributed by atoms with Gasteiger partial charge in [-0.3, -0.25) is 4.79 Å². The molecule has 1 atom stereocenters. The van der Waals surface area contributed by atoms with Crippen LogP contribution >= 0.6 is 11.6 Å². The first-order valence-corrected chi connectivity index (χ1v) is 11.3. The zero-order chi connectivity index (χ0) is 21.2. The number of rotatable bonds is 5. The van der Waals surface area contributed by atoms with Gasteiger partial charge in [-0.25, -0.2) is 8.42 Å². The van der Waals surface area contributed by atoms with E-state index in [9.17, 15) is 13.2 Å². The molecule has 0 radical (unpaired) electrons. The number of ether oxygens (including phenoxy) is 1. The number of carbonyl (C=O) groups excluding carboxylic acids is 1. The summed E-state index contributed by atoms with van der Waals surface area (Å²) in [6.07, 6.45) is 1.26. The summed E-state index contributed by atoms with van der Waals surface area (Å²) in [6, 6.07) is 10.2. The fourth-order valence-corrected chi connectivity index (χ4v) is 5.31. The first-order valence-electron chi connectivity index (χ1n) is 9.44. The molecule has 8 heteroatoms. The average Bonchev–Trinajstić information content (AvgIpc) is 2.70. The van der Waals surface area contributed by atoms with Crippen LogP contribution in [0.15, 0.2) is 41.3 Å². The van der Waals surface area contributed by atoms with Crippen molar-refractivity contribution in [2.24, 2.45) is 5.92 Å². The standard InChI is InChI=1S/C21H25ClN2O4S/c1-14-6-7-15(2)19(11-14)23-21(25)16-5-4-10-24(13-16)29(26,27)17-8-9-20(28-3)18(22)12-17/h6-9,11-12,16H,4-5,10,13H2,1-3H3,(H,23,25)/t16-/m1/s1. The van der Waals surface area contributed by atoms with Gasteiger partial charge in [0, 0.05) is 18.8 Å². The topological polar surface area (TPSA) is 75.7 Å². The van der Waals surface area contributed by atoms with Crippen LogP contribution in [-0.4, -0.2) is 38.8 Å². The average molecular weight is 437 g/mol. The minimum atomic E-state index is -3.75. The second-order valence-corrected chi connectivity index (χ2v) is 9.65. The molecule has 2 aromatic carbocycles. The molecule has 1 saturated heterocycles. The molecule has 0 unspecified atom stereocenters. The molecule has 1 heterocycles. The van der Waals surface area contributed by atoms with E-state index < -0.39 is 15.9 Å². The number of anilines is 1. The number of sulfonamides is 1. The van der Waals surface area contributed by atoms with Crippen LogP contribution in [0, 0.1) is 19.8 Å². The van der Waals surface area contributed by atoms with Crippen LogP contribution in [0.3, 0.4) is 0 Å². The SMILES string of the molecule is COc1ccc(S(=O)(=O)N2CCC[C@@H](C(=O)Nc3cc(C)ccc3C)C2)cc1Cl. The highest BCUT2D eigenvalue weighted by atomic mass is 35.5. The minimum absolute atomic E-state index is 0.0962. The summed E-state index contributed by atoms with van der Waals surface area (Å²) in [5.41, 5.74) is 2.78. The second-order valence-electron chi connectivity index (χ2n) is 7.31. The first kappa shape index (κ1) is 21.6. The highest BCUT2D eigenvalue weighted by Crippen LogP contribution is 2.30. The van der Waals surface area contributed by atoms with Gasteiger partial charge in [-0.1, -0.05) is 23.7 Å². The smallest absolute Gasteiger partial charge is 0.243 e. The lowest BCUT2D eigenvalue weighted by Crippen LogP contribution is -2.43. The number of amides is 1. The fraction of sp³-hybridized carbons (Fsp3) is 0.381. The molecule has 1 N–H and O–H groups in total. The van der Waals surface area contributed by atoms with Gasteiger partial charge in [0.2, 0.25) is 15.9 Å². The van der Waals surface area contributed by atoms with Gasteiger partial charge in [-0.2, -0.15) is 4.31 Å². The van der Waals surface area contributed by atoms with Crippen molar-refractivity contribution in [2.75, 3.05) is 25.5 Å². The van der Waals surface area contributed by atoms with Gasteiger partial charge in [-0.15, -0.1) is 0 Å². The van der Waals surface area contributed by atoms with Gasteiger partial charge < -0.3 is 10.1 Å². The van der Waals surface area contributed by atoms with Gasteiger partial charge in [0.1, 0.15) is 5.75 Å². The van der Waals surface area contributed by atoms with Crippen molar-refractivity contribution < 1.29 is 17.9 Å². The van der Waals surface area contributed by atoms with Crippen molar-refractivity contribution in [2.45, 2.75) is 31.6 Å². The Morgan fingerprint density at radius 1 is 1.21 bits per heavy atom. The van der Waals surface area contributed by atoms with Gasteiger partial charge in [0.15, 0.2) is 0 Å². The predicted octanol–water partition coefficient (Wildman–Crippen LogP) is 4.00. The molecule has 2 aromatic rings. The number of aryl methyl sites for hydroxylation is 2. The van der Waals surface area contributed by atoms with E-state index in [0.29, 0.717) is 25.1 Å². The Morgan fingerprint density at radius 3 is 2.66 bits per heavy atom. The van der Waals surface area contributed by atoms with E-state index >= 15 is 0 Å². The number of benzene rings is 2. The number of hydrogen-bond donors (Lipinski definition) is 1. The van der Waals surface area contributed by atoms with E-state index in [1.165, 1.54) is 29.6 Å². The van der Waals surface area contributed by atoms with E-state index in [0.717, 1.165) is 16.8 Å². The van der Waals surface area contributed by atoms with Crippen LogP contribution in [0.1, 0.15) is 24.0 Å². The molecule has 156 valence electrons. The van der Waals surface area contributed by atoms with Gasteiger partial charge in [0.05, 0.1) is 22.9 Å². The molecule has 1 amide bonds. The summed E-state index contributed by atoms with van der Waals surface area (Å²) in [5.74, 6) is -0.159. The molecule has 3 rings (SSSR count). The van der Waals surface area contributed by atoms with Crippen LogP contribution < -0.4 is 10.1 Å². The van der Waals surface area contributed by atoms with E-state index in [1.54, 1.807) is 0 Å². The largest absolute Gasteiger partial charge is 0.495 e. The van der Waals surface area contributed by atoms with Crippen LogP contribution in [-0.2, 0) is 14.8 Å². The molecular weight excluding hydrogens is 412 g/mol. The third-order valence-corrected chi connectivity index (χ3v) is 7.32. The Labute approximate surface area is 176 Å². The highest BCUT2D eigenvalue weighted by molar-refractivity contribution is 7.89. The molecule has 6 nitrogen and oxygen atoms in total. The summed E-state index contributed by atoms with van der Waals surface area (Å²) in [5, 5.41) is 3.19. The van der Waals surface area contributed by atoms with E-state index in [-0.39, 0.29) is 22.4 Å². The molecule has 0 spiro atoms. The fourth-order valence-electron chi connectivity index (χ4n) is 3.44. The van der Waals surface area contributed by atoms with Crippen molar-refractivity contribution in [1.29, 1.82) is 0 Å². The van der Waals surface area contributed by atoms with Crippen molar-refractivity contribution in [3.8, 4) is 5.75 Å². The number of hydrogen-bond acceptors (Lipinski definition) is 4. The maximum atomic E-state index is 13.1. The molecule has 0 bridgehead atoms. The van der Waals surface area contributed by atoms with Crippen LogP contribution in [0.25, 0.3) is 0 Å². The number of nitrogens with zero attached hydrogens (tertiary/aromatic N) is 1. The summed E-state index contributed by atoms with van der Waals surface area (Å²) < 4.78 is 32.6. The summed E-state index contributed by atoms with van der Waals surface area (Å²) >= 11 is 6.10. The lowest BCUT2D eigenvalue weighted by molar-refractivity contribution is -0.120. The Kier molecular flexibility index (Phi) is 6.51. The Balaban J connectivity index is 1.76. The molecule has 0 saturated carbocycles. The molecule has 0 aliphatic carbocycles. The van der Waals surface area contributed by atoms with Crippen molar-refractivity contribution in [3.63, 3.8) is 0 Å². The van der Waals surface area contributed by atoms with E-state index in [2.05, 4.69) is 5.32 Å². The zero-order valence-electron chi connectivity index (χ0n) is 16.7. The molecular formula is C21H25ClN2O4S. The third kappa shape index (κ3) is 4.74. The zero-order valence-corrected chi connectivity index (χ0v) is 18.3. The van der Waals surface area contributed by atoms with Gasteiger partial charge in [-0.05, 0) is 62.1 Å². The first-order chi connectivity index (χ1) is 13.7. The second kappa shape index (κ2) is 8.73. The predicted molar refractivity (Wildman–Crippen MR) is 114 cm³/mol. The Bertz CT molecular complexity index is 1020. The summed E-state index contributed by atoms with van der Waals surface area (Å²) in [4.78, 5) is 12.9. The molecule has 1 aliphatic heterocycles. The van der Waals surface area contributed by atoms with E-state index in [4.69, 9.17) is 16.3 Å². The number of piperidine rings is 1. The lowest BCUT2D eigenvalue weighted by atomic mass is 9.98.